The molecule has 0 bridgehead atoms. The van der Waals surface area contributed by atoms with Gasteiger partial charge in [0, 0.05) is 17.1 Å². The molecule has 0 spiro atoms. The smallest absolute Gasteiger partial charge is 0.243 e. The van der Waals surface area contributed by atoms with Gasteiger partial charge in [-0.05, 0) is 42.5 Å². The largest absolute Gasteiger partial charge is 0.323 e. The minimum atomic E-state index is -3.84. The van der Waals surface area contributed by atoms with Gasteiger partial charge in [-0.3, -0.25) is 4.79 Å². The summed E-state index contributed by atoms with van der Waals surface area (Å²) in [5.41, 5.74) is 0.916. The van der Waals surface area contributed by atoms with E-state index in [0.29, 0.717) is 21.4 Å². The van der Waals surface area contributed by atoms with E-state index in [4.69, 9.17) is 23.2 Å². The number of halogens is 2. The van der Waals surface area contributed by atoms with Gasteiger partial charge in [0.25, 0.3) is 0 Å². The van der Waals surface area contributed by atoms with Crippen molar-refractivity contribution in [3.05, 3.63) is 65.2 Å². The van der Waals surface area contributed by atoms with Gasteiger partial charge >= 0.3 is 0 Å². The summed E-state index contributed by atoms with van der Waals surface area (Å²) in [5.74, 6) is -0.538. The first-order valence-corrected chi connectivity index (χ1v) is 10.1. The zero-order chi connectivity index (χ0) is 20.3. The van der Waals surface area contributed by atoms with Crippen LogP contribution in [0.3, 0.4) is 0 Å². The molecule has 146 valence electrons. The van der Waals surface area contributed by atoms with Gasteiger partial charge in [0.15, 0.2) is 0 Å². The van der Waals surface area contributed by atoms with E-state index in [9.17, 15) is 13.2 Å². The van der Waals surface area contributed by atoms with Crippen molar-refractivity contribution < 1.29 is 13.2 Å². The highest BCUT2D eigenvalue weighted by molar-refractivity contribution is 7.89. The lowest BCUT2D eigenvalue weighted by Gasteiger charge is -2.18. The fourth-order valence-electron chi connectivity index (χ4n) is 2.40. The number of hydrogen-bond acceptors (Lipinski definition) is 5. The van der Waals surface area contributed by atoms with Gasteiger partial charge in [-0.2, -0.15) is 9.40 Å². The first-order valence-electron chi connectivity index (χ1n) is 7.93. The predicted molar refractivity (Wildman–Crippen MR) is 106 cm³/mol. The van der Waals surface area contributed by atoms with Crippen LogP contribution in [0.25, 0.3) is 5.69 Å². The Kier molecular flexibility index (Phi) is 5.99. The molecule has 0 aliphatic carbocycles. The number of rotatable bonds is 6. The zero-order valence-electron chi connectivity index (χ0n) is 14.6. The van der Waals surface area contributed by atoms with Crippen LogP contribution in [-0.4, -0.2) is 47.0 Å². The van der Waals surface area contributed by atoms with Crippen molar-refractivity contribution in [1.29, 1.82) is 0 Å². The number of hydrogen-bond donors (Lipinski definition) is 1. The Bertz CT molecular complexity index is 1090. The molecule has 0 unspecified atom stereocenters. The van der Waals surface area contributed by atoms with Crippen LogP contribution in [0.5, 0.6) is 0 Å². The van der Waals surface area contributed by atoms with Gasteiger partial charge in [0.05, 0.1) is 22.8 Å². The Morgan fingerprint density at radius 2 is 1.82 bits per heavy atom. The van der Waals surface area contributed by atoms with Crippen LogP contribution >= 0.6 is 23.2 Å². The minimum Gasteiger partial charge on any atom is -0.323 e. The fourth-order valence-corrected chi connectivity index (χ4v) is 3.83. The SMILES string of the molecule is CN(CC(=O)Nc1cc(Cl)ccc1-n1cncn1)S(=O)(=O)c1ccc(Cl)cc1. The number of aromatic nitrogens is 3. The van der Waals surface area contributed by atoms with E-state index in [2.05, 4.69) is 15.4 Å². The Labute approximate surface area is 171 Å². The van der Waals surface area contributed by atoms with Crippen LogP contribution in [0.4, 0.5) is 5.69 Å². The third-order valence-electron chi connectivity index (χ3n) is 3.79. The van der Waals surface area contributed by atoms with Crippen molar-refractivity contribution >= 4 is 44.8 Å². The minimum absolute atomic E-state index is 0.0401. The van der Waals surface area contributed by atoms with Gasteiger partial charge in [-0.15, -0.1) is 0 Å². The number of nitrogens with zero attached hydrogens (tertiary/aromatic N) is 4. The number of benzene rings is 2. The molecule has 1 heterocycles. The van der Waals surface area contributed by atoms with Crippen molar-refractivity contribution in [2.75, 3.05) is 18.9 Å². The van der Waals surface area contributed by atoms with Crippen molar-refractivity contribution in [3.63, 3.8) is 0 Å². The summed E-state index contributed by atoms with van der Waals surface area (Å²) in [7, 11) is -2.53. The molecule has 1 N–H and O–H groups in total. The number of nitrogens with one attached hydrogen (secondary N) is 1. The highest BCUT2D eigenvalue weighted by Crippen LogP contribution is 2.24. The quantitative estimate of drug-likeness (QED) is 0.636. The van der Waals surface area contributed by atoms with Crippen molar-refractivity contribution in [1.82, 2.24) is 19.1 Å². The van der Waals surface area contributed by atoms with Gasteiger partial charge in [-0.25, -0.2) is 18.1 Å². The normalized spacial score (nSPS) is 11.6. The Balaban J connectivity index is 1.77. The van der Waals surface area contributed by atoms with Gasteiger partial charge in [0.1, 0.15) is 12.7 Å². The molecule has 0 radical (unpaired) electrons. The second kappa shape index (κ2) is 8.27. The lowest BCUT2D eigenvalue weighted by Crippen LogP contribution is -2.35. The molecule has 8 nitrogen and oxygen atoms in total. The van der Waals surface area contributed by atoms with E-state index in [1.807, 2.05) is 0 Å². The maximum absolute atomic E-state index is 12.6. The standard InChI is InChI=1S/C17H15Cl2N5O3S/c1-23(28(26,27)14-5-2-12(18)3-6-14)9-17(25)22-15-8-13(19)4-7-16(15)24-11-20-10-21-24/h2-8,10-11H,9H2,1H3,(H,22,25). The van der Waals surface area contributed by atoms with E-state index in [1.165, 1.54) is 48.6 Å². The highest BCUT2D eigenvalue weighted by Gasteiger charge is 2.23. The van der Waals surface area contributed by atoms with Gasteiger partial charge < -0.3 is 5.32 Å². The van der Waals surface area contributed by atoms with E-state index in [1.54, 1.807) is 18.2 Å². The summed E-state index contributed by atoms with van der Waals surface area (Å²) < 4.78 is 27.6. The Hall–Kier alpha value is -2.46. The molecule has 0 saturated carbocycles. The molecule has 2 aromatic carbocycles. The summed E-state index contributed by atoms with van der Waals surface area (Å²) in [6, 6.07) is 10.6. The second-order valence-corrected chi connectivity index (χ2v) is 8.68. The summed E-state index contributed by atoms with van der Waals surface area (Å²) in [6.07, 6.45) is 2.82. The maximum atomic E-state index is 12.6. The molecule has 0 aliphatic heterocycles. The van der Waals surface area contributed by atoms with Crippen molar-refractivity contribution in [3.8, 4) is 5.69 Å². The molecule has 11 heteroatoms. The summed E-state index contributed by atoms with van der Waals surface area (Å²) in [6.45, 7) is -0.395. The van der Waals surface area contributed by atoms with Gasteiger partial charge in [0.2, 0.25) is 15.9 Å². The topological polar surface area (TPSA) is 97.2 Å². The average Bonchev–Trinajstić information content (AvgIpc) is 3.16. The van der Waals surface area contributed by atoms with E-state index >= 15 is 0 Å². The number of sulfonamides is 1. The summed E-state index contributed by atoms with van der Waals surface area (Å²) in [5, 5.41) is 7.51. The van der Waals surface area contributed by atoms with Crippen LogP contribution < -0.4 is 5.32 Å². The molecule has 0 saturated heterocycles. The van der Waals surface area contributed by atoms with Crippen molar-refractivity contribution in [2.24, 2.45) is 0 Å². The second-order valence-electron chi connectivity index (χ2n) is 5.76. The highest BCUT2D eigenvalue weighted by atomic mass is 35.5. The van der Waals surface area contributed by atoms with E-state index < -0.39 is 22.5 Å². The first-order chi connectivity index (χ1) is 13.3. The lowest BCUT2D eigenvalue weighted by molar-refractivity contribution is -0.116. The molecule has 28 heavy (non-hydrogen) atoms. The number of amides is 1. The summed E-state index contributed by atoms with van der Waals surface area (Å²) >= 11 is 11.8. The molecule has 3 rings (SSSR count). The molecule has 1 amide bonds. The van der Waals surface area contributed by atoms with Crippen LogP contribution in [0, 0.1) is 0 Å². The van der Waals surface area contributed by atoms with Crippen LogP contribution in [-0.2, 0) is 14.8 Å². The molecule has 0 atom stereocenters. The zero-order valence-corrected chi connectivity index (χ0v) is 16.9. The number of carbonyl (C=O) groups is 1. The Morgan fingerprint density at radius 3 is 2.46 bits per heavy atom. The van der Waals surface area contributed by atoms with E-state index in [-0.39, 0.29) is 4.90 Å². The van der Waals surface area contributed by atoms with Crippen LogP contribution in [0.15, 0.2) is 60.0 Å². The molecular weight excluding hydrogens is 425 g/mol. The average molecular weight is 440 g/mol. The van der Waals surface area contributed by atoms with Gasteiger partial charge in [-0.1, -0.05) is 23.2 Å². The number of likely N-dealkylation sites (N-methyl/N-ethyl adjacent to an activating group) is 1. The molecule has 1 aromatic heterocycles. The third-order valence-corrected chi connectivity index (χ3v) is 6.09. The molecule has 0 aliphatic rings. The lowest BCUT2D eigenvalue weighted by atomic mass is 10.2. The van der Waals surface area contributed by atoms with E-state index in [0.717, 1.165) is 4.31 Å². The van der Waals surface area contributed by atoms with Crippen molar-refractivity contribution in [2.45, 2.75) is 4.90 Å². The number of carbonyl (C=O) groups excluding carboxylic acids is 1. The molecular formula is C17H15Cl2N5O3S. The first kappa shape index (κ1) is 20.3. The van der Waals surface area contributed by atoms with Crippen LogP contribution in [0.2, 0.25) is 10.0 Å². The Morgan fingerprint density at radius 1 is 1.14 bits per heavy atom. The molecule has 0 fully saturated rings. The summed E-state index contributed by atoms with van der Waals surface area (Å²) in [4.78, 5) is 16.4. The fraction of sp³-hybridized carbons (Fsp3) is 0.118. The van der Waals surface area contributed by atoms with Crippen LogP contribution in [0.1, 0.15) is 0 Å². The monoisotopic (exact) mass is 439 g/mol. The number of anilines is 1. The predicted octanol–water partition coefficient (Wildman–Crippen LogP) is 2.83. The maximum Gasteiger partial charge on any atom is 0.243 e. The molecule has 3 aromatic rings. The third kappa shape index (κ3) is 4.50.